The lowest BCUT2D eigenvalue weighted by Gasteiger charge is -2.44. The van der Waals surface area contributed by atoms with E-state index in [1.165, 1.54) is 35.8 Å². The topological polar surface area (TPSA) is 47.5 Å². The smallest absolute Gasteiger partial charge is 0.141 e. The number of anilines is 1. The van der Waals surface area contributed by atoms with Crippen LogP contribution in [-0.4, -0.2) is 42.4 Å². The maximum Gasteiger partial charge on any atom is 0.141 e. The lowest BCUT2D eigenvalue weighted by molar-refractivity contribution is -0.00887. The van der Waals surface area contributed by atoms with E-state index in [4.69, 9.17) is 14.5 Å². The van der Waals surface area contributed by atoms with E-state index in [2.05, 4.69) is 27.4 Å². The molecule has 3 aromatic rings. The van der Waals surface area contributed by atoms with Crippen molar-refractivity contribution in [2.45, 2.75) is 37.8 Å². The van der Waals surface area contributed by atoms with E-state index in [1.54, 1.807) is 24.8 Å². The van der Waals surface area contributed by atoms with E-state index in [0.29, 0.717) is 12.1 Å². The third-order valence-corrected chi connectivity index (χ3v) is 6.64. The number of morpholine rings is 1. The average Bonchev–Trinajstić information content (AvgIpc) is 3.18. The molecule has 1 aliphatic heterocycles. The number of ether oxygens (including phenoxy) is 2. The number of hydrogen-bond acceptors (Lipinski definition) is 6. The first-order valence-electron chi connectivity index (χ1n) is 9.60. The van der Waals surface area contributed by atoms with Crippen molar-refractivity contribution in [3.63, 3.8) is 0 Å². The van der Waals surface area contributed by atoms with Crippen LogP contribution < -0.4 is 9.64 Å². The van der Waals surface area contributed by atoms with Gasteiger partial charge in [-0.25, -0.2) is 9.97 Å². The van der Waals surface area contributed by atoms with Gasteiger partial charge >= 0.3 is 0 Å². The predicted molar refractivity (Wildman–Crippen MR) is 109 cm³/mol. The second-order valence-corrected chi connectivity index (χ2v) is 8.07. The molecule has 1 saturated carbocycles. The highest BCUT2D eigenvalue weighted by molar-refractivity contribution is 7.17. The number of nitrogens with zero attached hydrogens (tertiary/aromatic N) is 3. The van der Waals surface area contributed by atoms with Crippen molar-refractivity contribution in [1.29, 1.82) is 0 Å². The highest BCUT2D eigenvalue weighted by atomic mass is 32.1. The maximum atomic E-state index is 6.07. The van der Waals surface area contributed by atoms with Crippen LogP contribution in [0.3, 0.4) is 0 Å². The van der Waals surface area contributed by atoms with Gasteiger partial charge in [-0.1, -0.05) is 25.0 Å². The Labute approximate surface area is 163 Å². The number of aromatic nitrogens is 2. The molecule has 2 aromatic heterocycles. The van der Waals surface area contributed by atoms with E-state index in [9.17, 15) is 0 Å². The molecule has 2 atom stereocenters. The van der Waals surface area contributed by atoms with Gasteiger partial charge in [0.15, 0.2) is 0 Å². The van der Waals surface area contributed by atoms with Crippen LogP contribution in [0.4, 0.5) is 5.82 Å². The molecule has 5 rings (SSSR count). The fraction of sp³-hybridized carbons (Fsp3) is 0.429. The van der Waals surface area contributed by atoms with Crippen LogP contribution in [-0.2, 0) is 4.74 Å². The Morgan fingerprint density at radius 3 is 2.85 bits per heavy atom. The summed E-state index contributed by atoms with van der Waals surface area (Å²) >= 11 is 1.69. The van der Waals surface area contributed by atoms with Crippen molar-refractivity contribution in [3.05, 3.63) is 36.0 Å². The molecule has 3 heterocycles. The van der Waals surface area contributed by atoms with E-state index in [-0.39, 0.29) is 0 Å². The molecule has 5 nitrogen and oxygen atoms in total. The van der Waals surface area contributed by atoms with Crippen molar-refractivity contribution in [2.75, 3.05) is 25.2 Å². The quantitative estimate of drug-likeness (QED) is 0.668. The zero-order chi connectivity index (χ0) is 18.2. The first kappa shape index (κ1) is 17.0. The summed E-state index contributed by atoms with van der Waals surface area (Å²) in [6.07, 6.45) is 6.91. The van der Waals surface area contributed by atoms with E-state index < -0.39 is 0 Å². The van der Waals surface area contributed by atoms with Gasteiger partial charge in [0.05, 0.1) is 31.2 Å². The van der Waals surface area contributed by atoms with Crippen LogP contribution in [0.25, 0.3) is 21.3 Å². The zero-order valence-corrected chi connectivity index (χ0v) is 16.2. The molecule has 0 unspecified atom stereocenters. The maximum absolute atomic E-state index is 6.07. The minimum absolute atomic E-state index is 0.334. The molecule has 27 heavy (non-hydrogen) atoms. The van der Waals surface area contributed by atoms with E-state index >= 15 is 0 Å². The number of thiophene rings is 1. The van der Waals surface area contributed by atoms with Crippen molar-refractivity contribution in [2.24, 2.45) is 0 Å². The van der Waals surface area contributed by atoms with Crippen molar-refractivity contribution >= 4 is 27.4 Å². The molecule has 6 heteroatoms. The Balaban J connectivity index is 1.61. The third-order valence-electron chi connectivity index (χ3n) is 5.76. The summed E-state index contributed by atoms with van der Waals surface area (Å²) in [5.41, 5.74) is 2.37. The van der Waals surface area contributed by atoms with E-state index in [0.717, 1.165) is 36.0 Å². The van der Waals surface area contributed by atoms with Gasteiger partial charge in [-0.2, -0.15) is 0 Å². The minimum atomic E-state index is 0.334. The second-order valence-electron chi connectivity index (χ2n) is 7.21. The number of hydrogen-bond donors (Lipinski definition) is 0. The largest absolute Gasteiger partial charge is 0.497 e. The van der Waals surface area contributed by atoms with Crippen molar-refractivity contribution in [3.8, 4) is 16.9 Å². The molecular weight excluding hydrogens is 358 g/mol. The molecular formula is C21H23N3O2S. The van der Waals surface area contributed by atoms with Crippen molar-refractivity contribution < 1.29 is 9.47 Å². The fourth-order valence-corrected chi connectivity index (χ4v) is 5.33. The van der Waals surface area contributed by atoms with Crippen LogP contribution in [0.1, 0.15) is 25.7 Å². The third kappa shape index (κ3) is 2.97. The Kier molecular flexibility index (Phi) is 4.45. The van der Waals surface area contributed by atoms with Gasteiger partial charge in [0.2, 0.25) is 0 Å². The molecule has 0 bridgehead atoms. The number of benzene rings is 1. The lowest BCUT2D eigenvalue weighted by Crippen LogP contribution is -2.53. The summed E-state index contributed by atoms with van der Waals surface area (Å²) in [7, 11) is 1.69. The van der Waals surface area contributed by atoms with Gasteiger partial charge in [0.1, 0.15) is 22.7 Å². The van der Waals surface area contributed by atoms with E-state index in [1.807, 2.05) is 12.1 Å². The Bertz CT molecular complexity index is 938. The van der Waals surface area contributed by atoms with Crippen LogP contribution in [0.15, 0.2) is 36.0 Å². The van der Waals surface area contributed by atoms with Crippen LogP contribution in [0.5, 0.6) is 5.75 Å². The SMILES string of the molecule is COc1ccc(-c2csc3ncnc(N4CCO[C@H]5CCCC[C@@H]54)c23)cc1. The van der Waals surface area contributed by atoms with Crippen LogP contribution in [0, 0.1) is 0 Å². The van der Waals surface area contributed by atoms with Gasteiger partial charge in [-0.3, -0.25) is 0 Å². The standard InChI is InChI=1S/C21H23N3O2S/c1-25-15-8-6-14(7-9-15)16-12-27-21-19(16)20(22-13-23-21)24-10-11-26-18-5-3-2-4-17(18)24/h6-9,12-13,17-18H,2-5,10-11H2,1H3/t17-,18-/m0/s1. The summed E-state index contributed by atoms with van der Waals surface area (Å²) in [6.45, 7) is 1.67. The molecule has 1 aliphatic carbocycles. The predicted octanol–water partition coefficient (Wildman–Crippen LogP) is 4.51. The molecule has 1 saturated heterocycles. The zero-order valence-electron chi connectivity index (χ0n) is 15.4. The van der Waals surface area contributed by atoms with Gasteiger partial charge in [0, 0.05) is 17.5 Å². The average molecular weight is 382 g/mol. The summed E-state index contributed by atoms with van der Waals surface area (Å²) in [5, 5.41) is 3.36. The molecule has 1 aromatic carbocycles. The molecule has 140 valence electrons. The Morgan fingerprint density at radius 2 is 2.00 bits per heavy atom. The first-order valence-corrected chi connectivity index (χ1v) is 10.5. The number of fused-ring (bicyclic) bond motifs is 2. The summed E-state index contributed by atoms with van der Waals surface area (Å²) in [4.78, 5) is 12.8. The van der Waals surface area contributed by atoms with Gasteiger partial charge in [0.25, 0.3) is 0 Å². The molecule has 0 spiro atoms. The second kappa shape index (κ2) is 7.09. The summed E-state index contributed by atoms with van der Waals surface area (Å²) in [6, 6.07) is 8.66. The van der Waals surface area contributed by atoms with Gasteiger partial charge in [-0.15, -0.1) is 11.3 Å². The number of rotatable bonds is 3. The molecule has 2 aliphatic rings. The van der Waals surface area contributed by atoms with Gasteiger partial charge < -0.3 is 14.4 Å². The summed E-state index contributed by atoms with van der Waals surface area (Å²) in [5.74, 6) is 1.93. The lowest BCUT2D eigenvalue weighted by atomic mass is 9.90. The normalized spacial score (nSPS) is 22.6. The highest BCUT2D eigenvalue weighted by Gasteiger charge is 2.36. The Morgan fingerprint density at radius 1 is 1.15 bits per heavy atom. The molecule has 0 N–H and O–H groups in total. The molecule has 0 amide bonds. The molecule has 2 fully saturated rings. The van der Waals surface area contributed by atoms with Crippen LogP contribution in [0.2, 0.25) is 0 Å². The summed E-state index contributed by atoms with van der Waals surface area (Å²) < 4.78 is 11.4. The Hall–Kier alpha value is -2.18. The first-order chi connectivity index (χ1) is 13.3. The van der Waals surface area contributed by atoms with Gasteiger partial charge in [-0.05, 0) is 30.5 Å². The fourth-order valence-electron chi connectivity index (χ4n) is 4.42. The minimum Gasteiger partial charge on any atom is -0.497 e. The molecule has 0 radical (unpaired) electrons. The highest BCUT2D eigenvalue weighted by Crippen LogP contribution is 2.41. The number of methoxy groups -OCH3 is 1. The van der Waals surface area contributed by atoms with Crippen molar-refractivity contribution in [1.82, 2.24) is 9.97 Å². The van der Waals surface area contributed by atoms with Crippen LogP contribution >= 0.6 is 11.3 Å². The monoisotopic (exact) mass is 381 g/mol.